The first-order valence-corrected chi connectivity index (χ1v) is 9.79. The Kier molecular flexibility index (Phi) is 5.40. The van der Waals surface area contributed by atoms with Gasteiger partial charge in [-0.1, -0.05) is 24.4 Å². The molecule has 0 bridgehead atoms. The van der Waals surface area contributed by atoms with Crippen LogP contribution in [0.4, 0.5) is 10.1 Å². The van der Waals surface area contributed by atoms with E-state index in [0.29, 0.717) is 0 Å². The molecule has 0 saturated heterocycles. The third-order valence-electron chi connectivity index (χ3n) is 3.65. The van der Waals surface area contributed by atoms with Gasteiger partial charge in [-0.15, -0.1) is 0 Å². The second-order valence-corrected chi connectivity index (χ2v) is 8.26. The molecule has 21 heavy (non-hydrogen) atoms. The topological polar surface area (TPSA) is 72.2 Å². The zero-order chi connectivity index (χ0) is 15.6. The number of hydrogen-bond donors (Lipinski definition) is 2. The molecule has 1 fully saturated rings. The van der Waals surface area contributed by atoms with Crippen molar-refractivity contribution in [2.24, 2.45) is 0 Å². The van der Waals surface area contributed by atoms with Crippen LogP contribution in [0.15, 0.2) is 17.0 Å². The minimum atomic E-state index is -3.81. The van der Waals surface area contributed by atoms with Crippen molar-refractivity contribution in [1.82, 2.24) is 4.72 Å². The van der Waals surface area contributed by atoms with E-state index in [-0.39, 0.29) is 26.9 Å². The number of benzene rings is 1. The van der Waals surface area contributed by atoms with Crippen LogP contribution in [-0.2, 0) is 10.0 Å². The average Bonchev–Trinajstić information content (AvgIpc) is 2.43. The van der Waals surface area contributed by atoms with Gasteiger partial charge in [-0.05, 0) is 31.2 Å². The Hall–Kier alpha value is -0.500. The smallest absolute Gasteiger partial charge is 0.242 e. The van der Waals surface area contributed by atoms with Crippen molar-refractivity contribution in [2.45, 2.75) is 41.9 Å². The minimum absolute atomic E-state index is 0.138. The predicted octanol–water partition coefficient (Wildman–Crippen LogP) is 3.01. The number of rotatable bonds is 4. The van der Waals surface area contributed by atoms with Crippen molar-refractivity contribution >= 4 is 39.1 Å². The Morgan fingerprint density at radius 1 is 1.38 bits per heavy atom. The maximum atomic E-state index is 13.3. The summed E-state index contributed by atoms with van der Waals surface area (Å²) in [5.41, 5.74) is 5.21. The van der Waals surface area contributed by atoms with Gasteiger partial charge in [0.05, 0.1) is 10.7 Å². The van der Waals surface area contributed by atoms with E-state index in [0.717, 1.165) is 37.8 Å². The lowest BCUT2D eigenvalue weighted by atomic mass is 9.96. The standard InChI is InChI=1S/C13H18ClFN2O2S2/c1-20-12-5-3-2-4-11(12)17-21(18,19)13-7-10(16)9(15)6-8(13)14/h6-7,11-12,17H,2-5,16H2,1H3. The van der Waals surface area contributed by atoms with Gasteiger partial charge < -0.3 is 5.73 Å². The van der Waals surface area contributed by atoms with Crippen molar-refractivity contribution in [1.29, 1.82) is 0 Å². The molecule has 1 aliphatic rings. The van der Waals surface area contributed by atoms with Crippen LogP contribution >= 0.6 is 23.4 Å². The van der Waals surface area contributed by atoms with Gasteiger partial charge in [0.15, 0.2) is 0 Å². The van der Waals surface area contributed by atoms with Crippen LogP contribution in [0.25, 0.3) is 0 Å². The molecule has 2 unspecified atom stereocenters. The van der Waals surface area contributed by atoms with E-state index >= 15 is 0 Å². The molecule has 1 aromatic carbocycles. The molecule has 2 rings (SSSR count). The van der Waals surface area contributed by atoms with E-state index < -0.39 is 15.8 Å². The summed E-state index contributed by atoms with van der Waals surface area (Å²) >= 11 is 7.51. The lowest BCUT2D eigenvalue weighted by Crippen LogP contribution is -2.43. The molecule has 2 atom stereocenters. The first-order chi connectivity index (χ1) is 9.85. The molecular weight excluding hydrogens is 335 g/mol. The summed E-state index contributed by atoms with van der Waals surface area (Å²) < 4.78 is 40.9. The van der Waals surface area contributed by atoms with E-state index in [1.807, 2.05) is 6.26 Å². The molecule has 1 aromatic rings. The summed E-state index contributed by atoms with van der Waals surface area (Å²) in [6.45, 7) is 0. The Bertz CT molecular complexity index is 625. The Morgan fingerprint density at radius 3 is 2.71 bits per heavy atom. The lowest BCUT2D eigenvalue weighted by molar-refractivity contribution is 0.423. The second kappa shape index (κ2) is 6.73. The Morgan fingerprint density at radius 2 is 2.05 bits per heavy atom. The highest BCUT2D eigenvalue weighted by atomic mass is 35.5. The summed E-state index contributed by atoms with van der Waals surface area (Å²) in [5.74, 6) is -0.724. The molecule has 1 saturated carbocycles. The van der Waals surface area contributed by atoms with Gasteiger partial charge >= 0.3 is 0 Å². The third kappa shape index (κ3) is 3.83. The quantitative estimate of drug-likeness (QED) is 0.817. The number of nitrogens with one attached hydrogen (secondary N) is 1. The zero-order valence-corrected chi connectivity index (χ0v) is 14.0. The monoisotopic (exact) mass is 352 g/mol. The number of nitrogen functional groups attached to an aromatic ring is 1. The van der Waals surface area contributed by atoms with Gasteiger partial charge in [0.25, 0.3) is 0 Å². The Labute approximate surface area is 133 Å². The highest BCUT2D eigenvalue weighted by Crippen LogP contribution is 2.30. The van der Waals surface area contributed by atoms with Crippen LogP contribution in [0.3, 0.4) is 0 Å². The van der Waals surface area contributed by atoms with Crippen LogP contribution in [0.5, 0.6) is 0 Å². The van der Waals surface area contributed by atoms with Crippen LogP contribution < -0.4 is 10.5 Å². The fraction of sp³-hybridized carbons (Fsp3) is 0.538. The largest absolute Gasteiger partial charge is 0.396 e. The van der Waals surface area contributed by atoms with Crippen molar-refractivity contribution in [3.05, 3.63) is 23.0 Å². The number of halogens is 2. The summed E-state index contributed by atoms with van der Waals surface area (Å²) in [7, 11) is -3.81. The van der Waals surface area contributed by atoms with E-state index in [1.54, 1.807) is 11.8 Å². The first kappa shape index (κ1) is 16.9. The maximum Gasteiger partial charge on any atom is 0.242 e. The molecule has 0 aliphatic heterocycles. The van der Waals surface area contributed by atoms with Crippen LogP contribution in [0.2, 0.25) is 5.02 Å². The fourth-order valence-corrected chi connectivity index (χ4v) is 5.41. The molecule has 0 heterocycles. The lowest BCUT2D eigenvalue weighted by Gasteiger charge is -2.30. The highest BCUT2D eigenvalue weighted by molar-refractivity contribution is 7.99. The van der Waals surface area contributed by atoms with Crippen LogP contribution in [0.1, 0.15) is 25.7 Å². The average molecular weight is 353 g/mol. The van der Waals surface area contributed by atoms with Gasteiger partial charge in [0.1, 0.15) is 10.7 Å². The summed E-state index contributed by atoms with van der Waals surface area (Å²) in [5, 5.41) is 0.0795. The van der Waals surface area contributed by atoms with Gasteiger partial charge in [-0.2, -0.15) is 11.8 Å². The number of hydrogen-bond acceptors (Lipinski definition) is 4. The van der Waals surface area contributed by atoms with E-state index in [2.05, 4.69) is 4.72 Å². The Balaban J connectivity index is 2.28. The second-order valence-electron chi connectivity index (χ2n) is 5.09. The summed E-state index contributed by atoms with van der Waals surface area (Å²) in [4.78, 5) is -0.173. The first-order valence-electron chi connectivity index (χ1n) is 6.65. The van der Waals surface area contributed by atoms with Gasteiger partial charge in [-0.3, -0.25) is 0 Å². The normalized spacial score (nSPS) is 23.2. The molecule has 4 nitrogen and oxygen atoms in total. The number of anilines is 1. The molecular formula is C13H18ClFN2O2S2. The van der Waals surface area contributed by atoms with Gasteiger partial charge in [-0.25, -0.2) is 17.5 Å². The van der Waals surface area contributed by atoms with Crippen molar-refractivity contribution in [2.75, 3.05) is 12.0 Å². The summed E-state index contributed by atoms with van der Waals surface area (Å²) in [6, 6.07) is 1.86. The molecule has 0 amide bonds. The predicted molar refractivity (Wildman–Crippen MR) is 85.7 cm³/mol. The number of thioether (sulfide) groups is 1. The van der Waals surface area contributed by atoms with E-state index in [1.165, 1.54) is 0 Å². The van der Waals surface area contributed by atoms with Gasteiger partial charge in [0.2, 0.25) is 10.0 Å². The molecule has 8 heteroatoms. The molecule has 1 aliphatic carbocycles. The maximum absolute atomic E-state index is 13.3. The van der Waals surface area contributed by atoms with Crippen LogP contribution in [0, 0.1) is 5.82 Å². The van der Waals surface area contributed by atoms with Crippen molar-refractivity contribution in [3.8, 4) is 0 Å². The molecule has 0 radical (unpaired) electrons. The van der Waals surface area contributed by atoms with Gasteiger partial charge in [0, 0.05) is 11.3 Å². The SMILES string of the molecule is CSC1CCCCC1NS(=O)(=O)c1cc(N)c(F)cc1Cl. The van der Waals surface area contributed by atoms with Crippen molar-refractivity contribution in [3.63, 3.8) is 0 Å². The molecule has 3 N–H and O–H groups in total. The van der Waals surface area contributed by atoms with E-state index in [4.69, 9.17) is 17.3 Å². The third-order valence-corrected chi connectivity index (χ3v) is 6.78. The highest BCUT2D eigenvalue weighted by Gasteiger charge is 2.30. The fourth-order valence-electron chi connectivity index (χ4n) is 2.53. The zero-order valence-electron chi connectivity index (χ0n) is 11.6. The number of sulfonamides is 1. The van der Waals surface area contributed by atoms with E-state index in [9.17, 15) is 12.8 Å². The minimum Gasteiger partial charge on any atom is -0.396 e. The number of nitrogens with two attached hydrogens (primary N) is 1. The summed E-state index contributed by atoms with van der Waals surface area (Å²) in [6.07, 6.45) is 5.84. The molecule has 0 spiro atoms. The molecule has 0 aromatic heterocycles. The van der Waals surface area contributed by atoms with Crippen molar-refractivity contribution < 1.29 is 12.8 Å². The van der Waals surface area contributed by atoms with Crippen LogP contribution in [-0.4, -0.2) is 26.0 Å². The molecule has 118 valence electrons.